The maximum atomic E-state index is 11.4. The second kappa shape index (κ2) is 5.53. The molecular weight excluding hydrogens is 324 g/mol. The predicted octanol–water partition coefficient (Wildman–Crippen LogP) is 3.25. The Bertz CT molecular complexity index is 882. The fraction of sp³-hybridized carbons (Fsp3) is 0.476. The second-order valence-corrected chi connectivity index (χ2v) is 8.19. The molecule has 5 heteroatoms. The van der Waals surface area contributed by atoms with Gasteiger partial charge in [-0.2, -0.15) is 0 Å². The maximum Gasteiger partial charge on any atom is 0.248 e. The molecule has 2 aliphatic heterocycles. The van der Waals surface area contributed by atoms with E-state index in [9.17, 15) is 4.79 Å². The topological polar surface area (TPSA) is 72.1 Å². The van der Waals surface area contributed by atoms with Gasteiger partial charge in [-0.1, -0.05) is 12.1 Å². The molecule has 26 heavy (non-hydrogen) atoms. The van der Waals surface area contributed by atoms with E-state index in [1.807, 2.05) is 12.1 Å². The van der Waals surface area contributed by atoms with Crippen LogP contribution in [0.1, 0.15) is 60.6 Å². The van der Waals surface area contributed by atoms with Gasteiger partial charge in [0.25, 0.3) is 0 Å². The fourth-order valence-corrected chi connectivity index (χ4v) is 5.13. The molecule has 2 fully saturated rings. The van der Waals surface area contributed by atoms with E-state index in [0.717, 1.165) is 36.5 Å². The summed E-state index contributed by atoms with van der Waals surface area (Å²) in [5.41, 5.74) is 10.7. The molecule has 3 heterocycles. The summed E-state index contributed by atoms with van der Waals surface area (Å²) in [6, 6.07) is 8.10. The van der Waals surface area contributed by atoms with Crippen molar-refractivity contribution in [1.29, 1.82) is 0 Å². The Hall–Kier alpha value is -2.43. The highest BCUT2D eigenvalue weighted by Gasteiger charge is 2.49. The van der Waals surface area contributed by atoms with Crippen molar-refractivity contribution in [2.75, 3.05) is 4.90 Å². The quantitative estimate of drug-likeness (QED) is 0.924. The van der Waals surface area contributed by atoms with Crippen LogP contribution in [0.5, 0.6) is 0 Å². The molecule has 5 rings (SSSR count). The van der Waals surface area contributed by atoms with Gasteiger partial charge in [-0.3, -0.25) is 4.79 Å². The lowest BCUT2D eigenvalue weighted by Gasteiger charge is -2.32. The first-order valence-corrected chi connectivity index (χ1v) is 9.64. The SMILES string of the molecule is CC12CCC(CC1)N2c1nc2c(c(-c3ccc(C(N)=O)cc3)n1)CCC2. The van der Waals surface area contributed by atoms with E-state index < -0.39 is 5.91 Å². The second-order valence-electron chi connectivity index (χ2n) is 8.19. The third-order valence-electron chi connectivity index (χ3n) is 6.56. The first-order chi connectivity index (χ1) is 12.5. The standard InChI is InChI=1S/C21H24N4O/c1-21-11-9-15(10-12-21)25(21)20-23-17-4-2-3-16(17)18(24-20)13-5-7-14(8-6-13)19(22)26/h5-8,15H,2-4,9-12H2,1H3,(H2,22,26). The molecule has 134 valence electrons. The Morgan fingerprint density at radius 2 is 1.88 bits per heavy atom. The molecule has 0 radical (unpaired) electrons. The van der Waals surface area contributed by atoms with Crippen LogP contribution >= 0.6 is 0 Å². The third-order valence-corrected chi connectivity index (χ3v) is 6.56. The smallest absolute Gasteiger partial charge is 0.248 e. The van der Waals surface area contributed by atoms with Gasteiger partial charge in [-0.15, -0.1) is 0 Å². The number of aromatic nitrogens is 2. The Labute approximate surface area is 153 Å². The molecule has 2 N–H and O–H groups in total. The van der Waals surface area contributed by atoms with Crippen LogP contribution < -0.4 is 10.6 Å². The lowest BCUT2D eigenvalue weighted by Crippen LogP contribution is -2.39. The number of nitrogens with zero attached hydrogens (tertiary/aromatic N) is 3. The third kappa shape index (κ3) is 2.26. The lowest BCUT2D eigenvalue weighted by atomic mass is 9.90. The number of primary amides is 1. The Morgan fingerprint density at radius 3 is 2.50 bits per heavy atom. The molecule has 1 aromatic heterocycles. The van der Waals surface area contributed by atoms with Crippen molar-refractivity contribution in [3.63, 3.8) is 0 Å². The van der Waals surface area contributed by atoms with Gasteiger partial charge < -0.3 is 10.6 Å². The van der Waals surface area contributed by atoms with Crippen LogP contribution in [0, 0.1) is 0 Å². The Kier molecular flexibility index (Phi) is 3.36. The first-order valence-electron chi connectivity index (χ1n) is 9.64. The summed E-state index contributed by atoms with van der Waals surface area (Å²) < 4.78 is 0. The molecule has 0 spiro atoms. The van der Waals surface area contributed by atoms with Crippen LogP contribution in [-0.2, 0) is 12.8 Å². The molecule has 1 amide bonds. The first kappa shape index (κ1) is 15.8. The molecular formula is C21H24N4O. The fourth-order valence-electron chi connectivity index (χ4n) is 5.13. The zero-order chi connectivity index (χ0) is 17.9. The molecule has 1 aliphatic carbocycles. The highest BCUT2D eigenvalue weighted by atomic mass is 16.1. The van der Waals surface area contributed by atoms with Gasteiger partial charge in [0, 0.05) is 34.0 Å². The van der Waals surface area contributed by atoms with E-state index in [4.69, 9.17) is 15.7 Å². The summed E-state index contributed by atoms with van der Waals surface area (Å²) in [7, 11) is 0. The van der Waals surface area contributed by atoms with Gasteiger partial charge in [0.2, 0.25) is 11.9 Å². The van der Waals surface area contributed by atoms with Crippen LogP contribution in [0.4, 0.5) is 5.95 Å². The number of amides is 1. The van der Waals surface area contributed by atoms with Gasteiger partial charge in [0.1, 0.15) is 0 Å². The molecule has 2 aromatic rings. The minimum atomic E-state index is -0.397. The Morgan fingerprint density at radius 1 is 1.15 bits per heavy atom. The number of fused-ring (bicyclic) bond motifs is 3. The van der Waals surface area contributed by atoms with Crippen LogP contribution in [0.15, 0.2) is 24.3 Å². The van der Waals surface area contributed by atoms with Gasteiger partial charge in [0.15, 0.2) is 0 Å². The zero-order valence-corrected chi connectivity index (χ0v) is 15.2. The predicted molar refractivity (Wildman–Crippen MR) is 101 cm³/mol. The minimum Gasteiger partial charge on any atom is -0.366 e. The molecule has 1 aromatic carbocycles. The lowest BCUT2D eigenvalue weighted by molar-refractivity contribution is 0.100. The highest BCUT2D eigenvalue weighted by molar-refractivity contribution is 5.93. The highest BCUT2D eigenvalue weighted by Crippen LogP contribution is 2.48. The molecule has 0 atom stereocenters. The number of aryl methyl sites for hydroxylation is 1. The molecule has 3 aliphatic rings. The van der Waals surface area contributed by atoms with Crippen LogP contribution in [0.3, 0.4) is 0 Å². The van der Waals surface area contributed by atoms with Crippen molar-refractivity contribution in [2.45, 2.75) is 63.5 Å². The number of anilines is 1. The van der Waals surface area contributed by atoms with Crippen LogP contribution in [0.25, 0.3) is 11.3 Å². The summed E-state index contributed by atoms with van der Waals surface area (Å²) >= 11 is 0. The monoisotopic (exact) mass is 348 g/mol. The average molecular weight is 348 g/mol. The molecule has 2 bridgehead atoms. The summed E-state index contributed by atoms with van der Waals surface area (Å²) in [5, 5.41) is 0. The number of hydrogen-bond acceptors (Lipinski definition) is 4. The number of carbonyl (C=O) groups excluding carboxylic acids is 1. The van der Waals surface area contributed by atoms with Crippen molar-refractivity contribution in [3.05, 3.63) is 41.1 Å². The minimum absolute atomic E-state index is 0.213. The Balaban J connectivity index is 1.62. The van der Waals surface area contributed by atoms with Gasteiger partial charge in [-0.05, 0) is 64.0 Å². The van der Waals surface area contributed by atoms with Gasteiger partial charge in [-0.25, -0.2) is 9.97 Å². The molecule has 2 saturated heterocycles. The van der Waals surface area contributed by atoms with Gasteiger partial charge in [0.05, 0.1) is 5.69 Å². The van der Waals surface area contributed by atoms with Crippen molar-refractivity contribution < 1.29 is 4.79 Å². The van der Waals surface area contributed by atoms with E-state index in [1.54, 1.807) is 12.1 Å². The van der Waals surface area contributed by atoms with Crippen molar-refractivity contribution >= 4 is 11.9 Å². The van der Waals surface area contributed by atoms with E-state index in [1.165, 1.54) is 36.9 Å². The summed E-state index contributed by atoms with van der Waals surface area (Å²) in [4.78, 5) is 23.9. The zero-order valence-electron chi connectivity index (χ0n) is 15.2. The number of benzene rings is 1. The van der Waals surface area contributed by atoms with E-state index in [0.29, 0.717) is 11.6 Å². The van der Waals surface area contributed by atoms with Gasteiger partial charge >= 0.3 is 0 Å². The van der Waals surface area contributed by atoms with E-state index in [-0.39, 0.29) is 5.54 Å². The van der Waals surface area contributed by atoms with Crippen LogP contribution in [0.2, 0.25) is 0 Å². The van der Waals surface area contributed by atoms with Crippen molar-refractivity contribution in [1.82, 2.24) is 9.97 Å². The molecule has 5 nitrogen and oxygen atoms in total. The van der Waals surface area contributed by atoms with E-state index in [2.05, 4.69) is 11.8 Å². The summed E-state index contributed by atoms with van der Waals surface area (Å²) in [6.07, 6.45) is 8.18. The van der Waals surface area contributed by atoms with E-state index >= 15 is 0 Å². The largest absolute Gasteiger partial charge is 0.366 e. The number of rotatable bonds is 3. The normalized spacial score (nSPS) is 26.3. The van der Waals surface area contributed by atoms with Crippen molar-refractivity contribution in [2.24, 2.45) is 5.73 Å². The number of hydrogen-bond donors (Lipinski definition) is 1. The molecule has 0 saturated carbocycles. The van der Waals surface area contributed by atoms with Crippen LogP contribution in [-0.4, -0.2) is 27.5 Å². The number of nitrogens with two attached hydrogens (primary N) is 1. The summed E-state index contributed by atoms with van der Waals surface area (Å²) in [5.74, 6) is 0.508. The van der Waals surface area contributed by atoms with Crippen molar-refractivity contribution in [3.8, 4) is 11.3 Å². The summed E-state index contributed by atoms with van der Waals surface area (Å²) in [6.45, 7) is 2.36. The average Bonchev–Trinajstić information content (AvgIpc) is 3.32. The molecule has 0 unspecified atom stereocenters. The maximum absolute atomic E-state index is 11.4. The number of carbonyl (C=O) groups is 1.